The lowest BCUT2D eigenvalue weighted by molar-refractivity contribution is -0.137. The standard InChI is InChI=1S/C13H14BrNO2/c1-9-10(6-4-7-12(16)17)15-8-3-2-5-11(15)13(9)14/h2-3,5,8H,4,6-7H2,1H3,(H,16,17). The molecule has 2 aromatic rings. The SMILES string of the molecule is Cc1c(Br)c2ccccn2c1CCCC(=O)O. The van der Waals surface area contributed by atoms with Gasteiger partial charge in [0.25, 0.3) is 0 Å². The van der Waals surface area contributed by atoms with E-state index < -0.39 is 5.97 Å². The molecule has 0 aromatic carbocycles. The number of pyridine rings is 1. The smallest absolute Gasteiger partial charge is 0.303 e. The van der Waals surface area contributed by atoms with Crippen LogP contribution in [0.15, 0.2) is 28.9 Å². The van der Waals surface area contributed by atoms with Crippen molar-refractivity contribution in [1.82, 2.24) is 4.40 Å². The molecule has 3 nitrogen and oxygen atoms in total. The molecule has 0 atom stereocenters. The Kier molecular flexibility index (Phi) is 3.52. The van der Waals surface area contributed by atoms with E-state index in [2.05, 4.69) is 33.3 Å². The average molecular weight is 296 g/mol. The maximum atomic E-state index is 10.5. The van der Waals surface area contributed by atoms with Gasteiger partial charge in [-0.3, -0.25) is 4.79 Å². The van der Waals surface area contributed by atoms with Crippen molar-refractivity contribution < 1.29 is 9.90 Å². The molecule has 2 rings (SSSR count). The molecule has 17 heavy (non-hydrogen) atoms. The number of halogens is 1. The normalized spacial score (nSPS) is 10.9. The van der Waals surface area contributed by atoms with Gasteiger partial charge in [-0.15, -0.1) is 0 Å². The van der Waals surface area contributed by atoms with Crippen LogP contribution in [0.4, 0.5) is 0 Å². The van der Waals surface area contributed by atoms with Gasteiger partial charge in [0.2, 0.25) is 0 Å². The minimum Gasteiger partial charge on any atom is -0.481 e. The van der Waals surface area contributed by atoms with E-state index in [0.29, 0.717) is 6.42 Å². The van der Waals surface area contributed by atoms with Crippen LogP contribution in [0.2, 0.25) is 0 Å². The first-order chi connectivity index (χ1) is 8.11. The van der Waals surface area contributed by atoms with E-state index >= 15 is 0 Å². The van der Waals surface area contributed by atoms with Crippen LogP contribution >= 0.6 is 15.9 Å². The van der Waals surface area contributed by atoms with Gasteiger partial charge in [-0.25, -0.2) is 0 Å². The predicted molar refractivity (Wildman–Crippen MR) is 70.4 cm³/mol. The molecule has 0 unspecified atom stereocenters. The lowest BCUT2D eigenvalue weighted by atomic mass is 10.1. The van der Waals surface area contributed by atoms with Gasteiger partial charge >= 0.3 is 5.97 Å². The van der Waals surface area contributed by atoms with Crippen LogP contribution in [0.1, 0.15) is 24.1 Å². The van der Waals surface area contributed by atoms with Crippen LogP contribution in [0.5, 0.6) is 0 Å². The first-order valence-electron chi connectivity index (χ1n) is 5.57. The van der Waals surface area contributed by atoms with Gasteiger partial charge in [-0.05, 0) is 53.4 Å². The summed E-state index contributed by atoms with van der Waals surface area (Å²) in [6, 6.07) is 6.04. The summed E-state index contributed by atoms with van der Waals surface area (Å²) in [6.07, 6.45) is 3.69. The van der Waals surface area contributed by atoms with Crippen LogP contribution in [0.3, 0.4) is 0 Å². The fourth-order valence-electron chi connectivity index (χ4n) is 2.07. The molecule has 90 valence electrons. The lowest BCUT2D eigenvalue weighted by Crippen LogP contribution is -1.99. The summed E-state index contributed by atoms with van der Waals surface area (Å²) in [5.41, 5.74) is 3.52. The zero-order valence-electron chi connectivity index (χ0n) is 9.61. The number of rotatable bonds is 4. The number of fused-ring (bicyclic) bond motifs is 1. The molecule has 4 heteroatoms. The Balaban J connectivity index is 2.33. The monoisotopic (exact) mass is 295 g/mol. The number of carbonyl (C=O) groups is 1. The van der Waals surface area contributed by atoms with Crippen molar-refractivity contribution >= 4 is 27.4 Å². The third kappa shape index (κ3) is 2.36. The molecule has 0 saturated heterocycles. The largest absolute Gasteiger partial charge is 0.481 e. The Labute approximate surface area is 108 Å². The maximum Gasteiger partial charge on any atom is 0.303 e. The van der Waals surface area contributed by atoms with Crippen molar-refractivity contribution in [3.63, 3.8) is 0 Å². The van der Waals surface area contributed by atoms with E-state index in [9.17, 15) is 4.79 Å². The number of hydrogen-bond acceptors (Lipinski definition) is 1. The van der Waals surface area contributed by atoms with Crippen molar-refractivity contribution in [1.29, 1.82) is 0 Å². The molecule has 0 amide bonds. The zero-order chi connectivity index (χ0) is 12.4. The fraction of sp³-hybridized carbons (Fsp3) is 0.308. The zero-order valence-corrected chi connectivity index (χ0v) is 11.2. The maximum absolute atomic E-state index is 10.5. The van der Waals surface area contributed by atoms with Crippen LogP contribution in [-0.2, 0) is 11.2 Å². The molecule has 0 fully saturated rings. The summed E-state index contributed by atoms with van der Waals surface area (Å²) in [6.45, 7) is 2.06. The minimum atomic E-state index is -0.734. The van der Waals surface area contributed by atoms with Crippen LogP contribution in [0, 0.1) is 6.92 Å². The summed E-state index contributed by atoms with van der Waals surface area (Å²) >= 11 is 3.59. The number of aliphatic carboxylic acids is 1. The second-order valence-corrected chi connectivity index (χ2v) is 4.88. The number of nitrogens with zero attached hydrogens (tertiary/aromatic N) is 1. The summed E-state index contributed by atoms with van der Waals surface area (Å²) < 4.78 is 3.23. The first-order valence-corrected chi connectivity index (χ1v) is 6.36. The molecule has 0 aliphatic heterocycles. The molecule has 0 saturated carbocycles. The number of aromatic nitrogens is 1. The van der Waals surface area contributed by atoms with Crippen molar-refractivity contribution in [2.24, 2.45) is 0 Å². The van der Waals surface area contributed by atoms with Crippen LogP contribution < -0.4 is 0 Å². The highest BCUT2D eigenvalue weighted by molar-refractivity contribution is 9.10. The van der Waals surface area contributed by atoms with E-state index in [1.54, 1.807) is 0 Å². The van der Waals surface area contributed by atoms with Gasteiger partial charge < -0.3 is 9.51 Å². The first kappa shape index (κ1) is 12.2. The third-order valence-electron chi connectivity index (χ3n) is 2.94. The molecule has 2 aromatic heterocycles. The molecule has 0 aliphatic carbocycles. The quantitative estimate of drug-likeness (QED) is 0.939. The van der Waals surface area contributed by atoms with E-state index in [-0.39, 0.29) is 6.42 Å². The highest BCUT2D eigenvalue weighted by atomic mass is 79.9. The van der Waals surface area contributed by atoms with Gasteiger partial charge in [0.1, 0.15) is 0 Å². The summed E-state index contributed by atoms with van der Waals surface area (Å²) in [5.74, 6) is -0.734. The van der Waals surface area contributed by atoms with Gasteiger partial charge in [-0.2, -0.15) is 0 Å². The topological polar surface area (TPSA) is 41.7 Å². The predicted octanol–water partition coefficient (Wildman–Crippen LogP) is 3.42. The van der Waals surface area contributed by atoms with E-state index in [1.165, 1.54) is 11.3 Å². The molecule has 1 N–H and O–H groups in total. The Bertz CT molecular complexity index is 560. The second kappa shape index (κ2) is 4.92. The van der Waals surface area contributed by atoms with Gasteiger partial charge in [0.15, 0.2) is 0 Å². The van der Waals surface area contributed by atoms with Crippen molar-refractivity contribution in [2.75, 3.05) is 0 Å². The van der Waals surface area contributed by atoms with Crippen molar-refractivity contribution in [3.05, 3.63) is 40.1 Å². The minimum absolute atomic E-state index is 0.219. The lowest BCUT2D eigenvalue weighted by Gasteiger charge is -2.03. The number of carboxylic acid groups (broad SMARTS) is 1. The Hall–Kier alpha value is -1.29. The second-order valence-electron chi connectivity index (χ2n) is 4.09. The van der Waals surface area contributed by atoms with Crippen LogP contribution in [0.25, 0.3) is 5.52 Å². The number of aryl methyl sites for hydroxylation is 1. The third-order valence-corrected chi connectivity index (χ3v) is 3.94. The molecule has 2 heterocycles. The fourth-order valence-corrected chi connectivity index (χ4v) is 2.62. The molecule has 0 spiro atoms. The molecule has 0 radical (unpaired) electrons. The Morgan fingerprint density at radius 2 is 2.24 bits per heavy atom. The highest BCUT2D eigenvalue weighted by Gasteiger charge is 2.12. The Morgan fingerprint density at radius 1 is 1.47 bits per heavy atom. The summed E-state index contributed by atoms with van der Waals surface area (Å²) in [7, 11) is 0. The number of hydrogen-bond donors (Lipinski definition) is 1. The van der Waals surface area contributed by atoms with Gasteiger partial charge in [-0.1, -0.05) is 6.07 Å². The van der Waals surface area contributed by atoms with Crippen molar-refractivity contribution in [2.45, 2.75) is 26.2 Å². The molecule has 0 aliphatic rings. The van der Waals surface area contributed by atoms with E-state index in [0.717, 1.165) is 16.4 Å². The summed E-state index contributed by atoms with van der Waals surface area (Å²) in [5, 5.41) is 8.66. The van der Waals surface area contributed by atoms with E-state index in [4.69, 9.17) is 5.11 Å². The van der Waals surface area contributed by atoms with Crippen molar-refractivity contribution in [3.8, 4) is 0 Å². The Morgan fingerprint density at radius 3 is 2.94 bits per heavy atom. The van der Waals surface area contributed by atoms with Gasteiger partial charge in [0.05, 0.1) is 5.52 Å². The van der Waals surface area contributed by atoms with Gasteiger partial charge in [0, 0.05) is 22.8 Å². The molecular formula is C13H14BrNO2. The van der Waals surface area contributed by atoms with E-state index in [1.807, 2.05) is 18.3 Å². The summed E-state index contributed by atoms with van der Waals surface area (Å²) in [4.78, 5) is 10.5. The molecular weight excluding hydrogens is 282 g/mol. The molecule has 0 bridgehead atoms. The number of carboxylic acids is 1. The van der Waals surface area contributed by atoms with Crippen LogP contribution in [-0.4, -0.2) is 15.5 Å². The average Bonchev–Trinajstić information content (AvgIpc) is 2.54. The highest BCUT2D eigenvalue weighted by Crippen LogP contribution is 2.29.